The summed E-state index contributed by atoms with van der Waals surface area (Å²) >= 11 is 4.07. The number of amides is 3. The molecule has 0 aromatic rings. The molecule has 1 atom stereocenters. The molecule has 7 N–H and O–H groups in total. The van der Waals surface area contributed by atoms with Crippen molar-refractivity contribution in [3.63, 3.8) is 0 Å². The van der Waals surface area contributed by atoms with E-state index in [4.69, 9.17) is 11.5 Å². The average molecular weight is 402 g/mol. The maximum Gasteiger partial charge on any atom is 0.341 e. The summed E-state index contributed by atoms with van der Waals surface area (Å²) in [4.78, 5) is 35.9. The first-order chi connectivity index (χ1) is 12.8. The number of nitrogens with zero attached hydrogens (tertiary/aromatic N) is 1. The lowest BCUT2D eigenvalue weighted by Crippen LogP contribution is -2.50. The first-order valence-electron chi connectivity index (χ1n) is 9.44. The molecule has 1 unspecified atom stereocenters. The first kappa shape index (κ1) is 23.1. The number of hydrogen-bond donors (Lipinski definition) is 6. The third-order valence-electron chi connectivity index (χ3n) is 4.51. The second-order valence-electron chi connectivity index (χ2n) is 6.78. The highest BCUT2D eigenvalue weighted by Gasteiger charge is 2.23. The van der Waals surface area contributed by atoms with Gasteiger partial charge >= 0.3 is 5.96 Å². The molecule has 0 aromatic carbocycles. The molecule has 3 amide bonds. The minimum absolute atomic E-state index is 0.0139. The summed E-state index contributed by atoms with van der Waals surface area (Å²) in [5.74, 6) is -0.252. The van der Waals surface area contributed by atoms with Gasteiger partial charge in [0.05, 0.1) is 12.6 Å². The van der Waals surface area contributed by atoms with E-state index < -0.39 is 11.9 Å². The molecule has 0 aromatic heterocycles. The van der Waals surface area contributed by atoms with Crippen molar-refractivity contribution >= 4 is 36.3 Å². The standard InChI is InChI=1S/C17H32N6O3S/c1-12(16(26)20-8-5-9-27)22-14(24)10-21-15(25)11-23(17(18)19)13-6-3-2-4-7-13/h12-13H,2-11H2,1H3,(H7,18,19,20,21,22,24,25,26,27)/p+1. The summed E-state index contributed by atoms with van der Waals surface area (Å²) in [6.07, 6.45) is 6.02. The monoisotopic (exact) mass is 401 g/mol. The Kier molecular flexibility index (Phi) is 10.6. The Morgan fingerprint density at radius 2 is 1.78 bits per heavy atom. The van der Waals surface area contributed by atoms with E-state index in [-0.39, 0.29) is 36.9 Å². The van der Waals surface area contributed by atoms with E-state index in [0.29, 0.717) is 12.3 Å². The lowest BCUT2D eigenvalue weighted by Gasteiger charge is -2.24. The van der Waals surface area contributed by atoms with Crippen LogP contribution >= 0.6 is 12.6 Å². The zero-order valence-corrected chi connectivity index (χ0v) is 16.9. The van der Waals surface area contributed by atoms with Gasteiger partial charge in [-0.2, -0.15) is 12.6 Å². The van der Waals surface area contributed by atoms with Crippen LogP contribution in [0.25, 0.3) is 0 Å². The molecule has 1 aliphatic carbocycles. The number of nitrogens with two attached hydrogens (primary N) is 2. The van der Waals surface area contributed by atoms with Gasteiger partial charge in [-0.3, -0.25) is 30.4 Å². The van der Waals surface area contributed by atoms with E-state index in [1.54, 1.807) is 11.5 Å². The van der Waals surface area contributed by atoms with E-state index >= 15 is 0 Å². The van der Waals surface area contributed by atoms with Gasteiger partial charge < -0.3 is 16.0 Å². The summed E-state index contributed by atoms with van der Waals surface area (Å²) in [5.41, 5.74) is 11.5. The fourth-order valence-corrected chi connectivity index (χ4v) is 3.17. The number of carbonyl (C=O) groups is 3. The van der Waals surface area contributed by atoms with Crippen LogP contribution in [0.1, 0.15) is 45.4 Å². The molecule has 0 bridgehead atoms. The highest BCUT2D eigenvalue weighted by Crippen LogP contribution is 2.19. The molecule has 27 heavy (non-hydrogen) atoms. The van der Waals surface area contributed by atoms with E-state index in [0.717, 1.165) is 32.1 Å². The molecule has 154 valence electrons. The molecule has 1 rings (SSSR count). The number of nitrogens with one attached hydrogen (secondary N) is 3. The van der Waals surface area contributed by atoms with Crippen molar-refractivity contribution in [1.82, 2.24) is 16.0 Å². The smallest absolute Gasteiger partial charge is 0.341 e. The Morgan fingerprint density at radius 1 is 1.11 bits per heavy atom. The molecule has 1 aliphatic rings. The van der Waals surface area contributed by atoms with Gasteiger partial charge in [0, 0.05) is 6.54 Å². The fourth-order valence-electron chi connectivity index (χ4n) is 3.02. The van der Waals surface area contributed by atoms with Crippen molar-refractivity contribution in [3.8, 4) is 0 Å². The Labute approximate surface area is 166 Å². The fraction of sp³-hybridized carbons (Fsp3) is 0.765. The van der Waals surface area contributed by atoms with Crippen LogP contribution < -0.4 is 27.4 Å². The van der Waals surface area contributed by atoms with Crippen molar-refractivity contribution in [2.24, 2.45) is 11.5 Å². The molecular formula is C17H33N6O3S+. The second kappa shape index (κ2) is 12.4. The first-order valence-corrected chi connectivity index (χ1v) is 10.1. The Hall–Kier alpha value is -1.97. The number of thiol groups is 1. The van der Waals surface area contributed by atoms with Gasteiger partial charge in [-0.15, -0.1) is 0 Å². The Bertz CT molecular complexity index is 545. The Balaban J connectivity index is 2.38. The predicted octanol–water partition coefficient (Wildman–Crippen LogP) is -1.34. The predicted molar refractivity (Wildman–Crippen MR) is 107 cm³/mol. The zero-order chi connectivity index (χ0) is 20.2. The number of hydrogen-bond acceptors (Lipinski definition) is 4. The summed E-state index contributed by atoms with van der Waals surface area (Å²) in [7, 11) is 0. The maximum absolute atomic E-state index is 12.2. The van der Waals surface area contributed by atoms with Gasteiger partial charge in [0.2, 0.25) is 11.8 Å². The SMILES string of the molecule is CC(NC(=O)CNC(=O)C[N+](=C(N)N)C1CCCCC1)C(=O)NCCCS. The summed E-state index contributed by atoms with van der Waals surface area (Å²) in [5, 5.41) is 7.79. The third kappa shape index (κ3) is 8.98. The van der Waals surface area contributed by atoms with Gasteiger partial charge in [-0.25, -0.2) is 0 Å². The molecule has 0 saturated heterocycles. The largest absolute Gasteiger partial charge is 0.354 e. The van der Waals surface area contributed by atoms with Crippen LogP contribution in [0.5, 0.6) is 0 Å². The molecule has 10 heteroatoms. The van der Waals surface area contributed by atoms with Crippen LogP contribution in [0, 0.1) is 0 Å². The number of carbonyl (C=O) groups excluding carboxylic acids is 3. The summed E-state index contributed by atoms with van der Waals surface area (Å²) < 4.78 is 1.70. The van der Waals surface area contributed by atoms with Gasteiger partial charge in [-0.05, 0) is 31.9 Å². The highest BCUT2D eigenvalue weighted by molar-refractivity contribution is 7.80. The molecule has 0 radical (unpaired) electrons. The van der Waals surface area contributed by atoms with Gasteiger partial charge in [-0.1, -0.05) is 19.3 Å². The van der Waals surface area contributed by atoms with Crippen molar-refractivity contribution in [2.45, 2.75) is 57.5 Å². The molecule has 9 nitrogen and oxygen atoms in total. The van der Waals surface area contributed by atoms with Crippen molar-refractivity contribution < 1.29 is 19.0 Å². The highest BCUT2D eigenvalue weighted by atomic mass is 32.1. The van der Waals surface area contributed by atoms with Crippen molar-refractivity contribution in [3.05, 3.63) is 0 Å². The summed E-state index contributed by atoms with van der Waals surface area (Å²) in [6.45, 7) is 1.90. The van der Waals surface area contributed by atoms with Gasteiger partial charge in [0.15, 0.2) is 0 Å². The molecular weight excluding hydrogens is 368 g/mol. The average Bonchev–Trinajstić information content (AvgIpc) is 2.65. The number of rotatable bonds is 10. The topological polar surface area (TPSA) is 142 Å². The lowest BCUT2D eigenvalue weighted by molar-refractivity contribution is -0.561. The second-order valence-corrected chi connectivity index (χ2v) is 7.23. The van der Waals surface area contributed by atoms with E-state index in [9.17, 15) is 14.4 Å². The zero-order valence-electron chi connectivity index (χ0n) is 16.0. The molecule has 1 fully saturated rings. The Morgan fingerprint density at radius 3 is 2.37 bits per heavy atom. The van der Waals surface area contributed by atoms with Crippen LogP contribution in [0.2, 0.25) is 0 Å². The number of guanidine groups is 1. The van der Waals surface area contributed by atoms with Crippen molar-refractivity contribution in [1.29, 1.82) is 0 Å². The maximum atomic E-state index is 12.2. The third-order valence-corrected chi connectivity index (χ3v) is 4.83. The molecule has 0 aliphatic heterocycles. The van der Waals surface area contributed by atoms with Crippen molar-refractivity contribution in [2.75, 3.05) is 25.4 Å². The molecule has 1 saturated carbocycles. The van der Waals surface area contributed by atoms with Crippen LogP contribution in [0.4, 0.5) is 0 Å². The molecule has 0 heterocycles. The van der Waals surface area contributed by atoms with Gasteiger partial charge in [0.25, 0.3) is 5.91 Å². The normalized spacial score (nSPS) is 15.5. The lowest BCUT2D eigenvalue weighted by atomic mass is 9.95. The summed E-state index contributed by atoms with van der Waals surface area (Å²) in [6, 6.07) is -0.523. The van der Waals surface area contributed by atoms with Crippen LogP contribution in [0.3, 0.4) is 0 Å². The van der Waals surface area contributed by atoms with Crippen LogP contribution in [-0.4, -0.2) is 65.7 Å². The van der Waals surface area contributed by atoms with Crippen LogP contribution in [0.15, 0.2) is 0 Å². The van der Waals surface area contributed by atoms with Crippen LogP contribution in [-0.2, 0) is 14.4 Å². The van der Waals surface area contributed by atoms with E-state index in [2.05, 4.69) is 28.6 Å². The minimum Gasteiger partial charge on any atom is -0.354 e. The van der Waals surface area contributed by atoms with E-state index in [1.165, 1.54) is 6.42 Å². The van der Waals surface area contributed by atoms with E-state index in [1.807, 2.05) is 0 Å². The molecule has 0 spiro atoms. The minimum atomic E-state index is -0.680. The quantitative estimate of drug-likeness (QED) is 0.0883. The van der Waals surface area contributed by atoms with Gasteiger partial charge in [0.1, 0.15) is 12.6 Å².